The zero-order valence-electron chi connectivity index (χ0n) is 12.7. The third kappa shape index (κ3) is 6.92. The Bertz CT molecular complexity index is 251. The molecule has 4 nitrogen and oxygen atoms in total. The molecular weight excluding hydrogens is 240 g/mol. The van der Waals surface area contributed by atoms with Gasteiger partial charge in [-0.3, -0.25) is 4.79 Å². The van der Waals surface area contributed by atoms with E-state index in [1.807, 2.05) is 6.92 Å². The van der Waals surface area contributed by atoms with E-state index >= 15 is 0 Å². The molecule has 1 fully saturated rings. The molecule has 0 aliphatic heterocycles. The van der Waals surface area contributed by atoms with Crippen LogP contribution in [0.1, 0.15) is 52.4 Å². The number of carbonyl (C=O) groups is 1. The monoisotopic (exact) mass is 270 g/mol. The summed E-state index contributed by atoms with van der Waals surface area (Å²) in [6.45, 7) is 5.13. The summed E-state index contributed by atoms with van der Waals surface area (Å²) in [5.74, 6) is 0.789. The van der Waals surface area contributed by atoms with Crippen molar-refractivity contribution in [3.05, 3.63) is 0 Å². The molecule has 1 amide bonds. The van der Waals surface area contributed by atoms with Crippen molar-refractivity contribution in [3.8, 4) is 0 Å². The SMILES string of the molecule is COCC(C)NC(=O)CN[C@H](C)C1CCCCCC1. The molecule has 1 aliphatic rings. The van der Waals surface area contributed by atoms with Gasteiger partial charge >= 0.3 is 0 Å². The predicted molar refractivity (Wildman–Crippen MR) is 78.1 cm³/mol. The third-order valence-electron chi connectivity index (χ3n) is 4.02. The first kappa shape index (κ1) is 16.4. The van der Waals surface area contributed by atoms with Crippen molar-refractivity contribution in [2.75, 3.05) is 20.3 Å². The van der Waals surface area contributed by atoms with Gasteiger partial charge in [0, 0.05) is 19.2 Å². The smallest absolute Gasteiger partial charge is 0.234 e. The molecule has 0 spiro atoms. The molecule has 112 valence electrons. The van der Waals surface area contributed by atoms with Crippen LogP contribution in [0.4, 0.5) is 0 Å². The van der Waals surface area contributed by atoms with Gasteiger partial charge in [-0.1, -0.05) is 25.7 Å². The predicted octanol–water partition coefficient (Wildman–Crippen LogP) is 2.09. The molecule has 0 bridgehead atoms. The van der Waals surface area contributed by atoms with E-state index in [1.54, 1.807) is 7.11 Å². The van der Waals surface area contributed by atoms with Crippen LogP contribution in [0.3, 0.4) is 0 Å². The van der Waals surface area contributed by atoms with Crippen molar-refractivity contribution < 1.29 is 9.53 Å². The van der Waals surface area contributed by atoms with E-state index in [2.05, 4.69) is 17.6 Å². The van der Waals surface area contributed by atoms with Crippen molar-refractivity contribution in [1.82, 2.24) is 10.6 Å². The fraction of sp³-hybridized carbons (Fsp3) is 0.933. The van der Waals surface area contributed by atoms with E-state index in [0.29, 0.717) is 19.2 Å². The molecule has 0 aromatic heterocycles. The number of methoxy groups -OCH3 is 1. The summed E-state index contributed by atoms with van der Waals surface area (Å²) in [4.78, 5) is 11.8. The van der Waals surface area contributed by atoms with E-state index in [9.17, 15) is 4.79 Å². The molecule has 0 radical (unpaired) electrons. The summed E-state index contributed by atoms with van der Waals surface area (Å²) in [5.41, 5.74) is 0. The second-order valence-electron chi connectivity index (χ2n) is 5.85. The maximum atomic E-state index is 11.8. The van der Waals surface area contributed by atoms with E-state index in [4.69, 9.17) is 4.74 Å². The highest BCUT2D eigenvalue weighted by Crippen LogP contribution is 2.25. The number of carbonyl (C=O) groups excluding carboxylic acids is 1. The van der Waals surface area contributed by atoms with Gasteiger partial charge in [0.2, 0.25) is 5.91 Å². The highest BCUT2D eigenvalue weighted by Gasteiger charge is 2.19. The third-order valence-corrected chi connectivity index (χ3v) is 4.02. The van der Waals surface area contributed by atoms with Crippen LogP contribution < -0.4 is 10.6 Å². The lowest BCUT2D eigenvalue weighted by atomic mass is 9.93. The van der Waals surface area contributed by atoms with E-state index in [1.165, 1.54) is 38.5 Å². The Morgan fingerprint density at radius 1 is 1.21 bits per heavy atom. The zero-order chi connectivity index (χ0) is 14.1. The van der Waals surface area contributed by atoms with Gasteiger partial charge in [-0.05, 0) is 32.6 Å². The molecular formula is C15H30N2O2. The Kier molecular flexibility index (Phi) is 8.07. The standard InChI is InChI=1S/C15H30N2O2/c1-12(11-19-3)17-15(18)10-16-13(2)14-8-6-4-5-7-9-14/h12-14,16H,4-11H2,1-3H3,(H,17,18)/t12?,13-/m1/s1. The molecule has 0 aromatic carbocycles. The normalized spacial score (nSPS) is 20.6. The molecule has 1 rings (SSSR count). The van der Waals surface area contributed by atoms with Gasteiger partial charge in [-0.15, -0.1) is 0 Å². The minimum atomic E-state index is 0.0602. The Morgan fingerprint density at radius 3 is 2.42 bits per heavy atom. The number of hydrogen-bond acceptors (Lipinski definition) is 3. The average molecular weight is 270 g/mol. The van der Waals surface area contributed by atoms with Crippen LogP contribution in [0, 0.1) is 5.92 Å². The molecule has 2 atom stereocenters. The quantitative estimate of drug-likeness (QED) is 0.696. The first-order valence-corrected chi connectivity index (χ1v) is 7.65. The minimum absolute atomic E-state index is 0.0602. The first-order chi connectivity index (χ1) is 9.13. The molecule has 0 aromatic rings. The molecule has 1 unspecified atom stereocenters. The van der Waals surface area contributed by atoms with Crippen molar-refractivity contribution in [2.45, 2.75) is 64.5 Å². The van der Waals surface area contributed by atoms with Crippen molar-refractivity contribution in [3.63, 3.8) is 0 Å². The molecule has 0 saturated heterocycles. The summed E-state index contributed by atoms with van der Waals surface area (Å²) in [7, 11) is 1.65. The molecule has 0 heterocycles. The number of ether oxygens (including phenoxy) is 1. The highest BCUT2D eigenvalue weighted by molar-refractivity contribution is 5.78. The van der Waals surface area contributed by atoms with Crippen LogP contribution >= 0.6 is 0 Å². The fourth-order valence-electron chi connectivity index (χ4n) is 2.85. The van der Waals surface area contributed by atoms with E-state index < -0.39 is 0 Å². The van der Waals surface area contributed by atoms with Crippen LogP contribution in [-0.2, 0) is 9.53 Å². The Balaban J connectivity index is 2.20. The minimum Gasteiger partial charge on any atom is -0.383 e. The van der Waals surface area contributed by atoms with Crippen LogP contribution in [-0.4, -0.2) is 38.3 Å². The fourth-order valence-corrected chi connectivity index (χ4v) is 2.85. The highest BCUT2D eigenvalue weighted by atomic mass is 16.5. The molecule has 4 heteroatoms. The maximum Gasteiger partial charge on any atom is 0.234 e. The largest absolute Gasteiger partial charge is 0.383 e. The number of rotatable bonds is 7. The zero-order valence-corrected chi connectivity index (χ0v) is 12.7. The van der Waals surface area contributed by atoms with Gasteiger partial charge in [-0.25, -0.2) is 0 Å². The number of nitrogens with one attached hydrogen (secondary N) is 2. The van der Waals surface area contributed by atoms with Gasteiger partial charge < -0.3 is 15.4 Å². The second kappa shape index (κ2) is 9.32. The van der Waals surface area contributed by atoms with Gasteiger partial charge in [0.15, 0.2) is 0 Å². The van der Waals surface area contributed by atoms with Gasteiger partial charge in [0.25, 0.3) is 0 Å². The lowest BCUT2D eigenvalue weighted by Gasteiger charge is -2.23. The first-order valence-electron chi connectivity index (χ1n) is 7.65. The van der Waals surface area contributed by atoms with Gasteiger partial charge in [0.1, 0.15) is 0 Å². The summed E-state index contributed by atoms with van der Waals surface area (Å²) in [5, 5.41) is 6.30. The van der Waals surface area contributed by atoms with Crippen LogP contribution in [0.25, 0.3) is 0 Å². The van der Waals surface area contributed by atoms with Crippen LogP contribution in [0.15, 0.2) is 0 Å². The summed E-state index contributed by atoms with van der Waals surface area (Å²) in [6.07, 6.45) is 8.03. The summed E-state index contributed by atoms with van der Waals surface area (Å²) >= 11 is 0. The molecule has 19 heavy (non-hydrogen) atoms. The number of hydrogen-bond donors (Lipinski definition) is 2. The Labute approximate surface area is 117 Å². The topological polar surface area (TPSA) is 50.4 Å². The van der Waals surface area contributed by atoms with Crippen molar-refractivity contribution >= 4 is 5.91 Å². The van der Waals surface area contributed by atoms with Crippen molar-refractivity contribution in [1.29, 1.82) is 0 Å². The maximum absolute atomic E-state index is 11.8. The summed E-state index contributed by atoms with van der Waals surface area (Å²) < 4.78 is 5.00. The molecule has 1 aliphatic carbocycles. The number of amides is 1. The van der Waals surface area contributed by atoms with Gasteiger partial charge in [-0.2, -0.15) is 0 Å². The second-order valence-corrected chi connectivity index (χ2v) is 5.85. The van der Waals surface area contributed by atoms with Crippen molar-refractivity contribution in [2.24, 2.45) is 5.92 Å². The van der Waals surface area contributed by atoms with Crippen LogP contribution in [0.2, 0.25) is 0 Å². The van der Waals surface area contributed by atoms with E-state index in [-0.39, 0.29) is 11.9 Å². The molecule has 1 saturated carbocycles. The van der Waals surface area contributed by atoms with E-state index in [0.717, 1.165) is 5.92 Å². The lowest BCUT2D eigenvalue weighted by Crippen LogP contribution is -2.44. The molecule has 2 N–H and O–H groups in total. The summed E-state index contributed by atoms with van der Waals surface area (Å²) in [6, 6.07) is 0.508. The Hall–Kier alpha value is -0.610. The average Bonchev–Trinajstić information content (AvgIpc) is 2.65. The van der Waals surface area contributed by atoms with Gasteiger partial charge in [0.05, 0.1) is 13.2 Å². The van der Waals surface area contributed by atoms with Crippen LogP contribution in [0.5, 0.6) is 0 Å². The lowest BCUT2D eigenvalue weighted by molar-refractivity contribution is -0.121. The Morgan fingerprint density at radius 2 is 1.84 bits per heavy atom.